The average Bonchev–Trinajstić information content (AvgIpc) is 2.69. The molecule has 0 N–H and O–H groups in total. The number of piperazine rings is 1. The number of alkyl halides is 3. The zero-order valence-corrected chi connectivity index (χ0v) is 14.9. The molecule has 28 heavy (non-hydrogen) atoms. The molecule has 2 heterocycles. The second kappa shape index (κ2) is 7.87. The van der Waals surface area contributed by atoms with Gasteiger partial charge in [-0.15, -0.1) is 0 Å². The lowest BCUT2D eigenvalue weighted by molar-refractivity contribution is -0.137. The maximum atomic E-state index is 12.6. The van der Waals surface area contributed by atoms with Crippen molar-refractivity contribution in [1.82, 2.24) is 14.4 Å². The monoisotopic (exact) mass is 393 g/mol. The molecule has 1 fully saturated rings. The average molecular weight is 393 g/mol. The van der Waals surface area contributed by atoms with E-state index in [-0.39, 0.29) is 42.6 Å². The Morgan fingerprint density at radius 3 is 2.07 bits per heavy atom. The summed E-state index contributed by atoms with van der Waals surface area (Å²) in [5.74, 6) is -0.602. The van der Waals surface area contributed by atoms with Crippen LogP contribution in [0.4, 0.5) is 13.2 Å². The van der Waals surface area contributed by atoms with Gasteiger partial charge in [0.25, 0.3) is 11.5 Å². The van der Waals surface area contributed by atoms with Gasteiger partial charge in [-0.25, -0.2) is 0 Å². The predicted octanol–water partition coefficient (Wildman–Crippen LogP) is 1.85. The number of hydrogen-bond acceptors (Lipinski definition) is 3. The van der Waals surface area contributed by atoms with Crippen LogP contribution in [0.5, 0.6) is 0 Å². The number of rotatable bonds is 3. The first-order chi connectivity index (χ1) is 13.3. The maximum absolute atomic E-state index is 12.6. The molecule has 0 spiro atoms. The molecule has 0 bridgehead atoms. The van der Waals surface area contributed by atoms with Crippen LogP contribution in [0.2, 0.25) is 0 Å². The molecular formula is C19H18F3N3O3. The van der Waals surface area contributed by atoms with Gasteiger partial charge in [-0.05, 0) is 30.3 Å². The molecule has 0 aliphatic carbocycles. The number of carbonyl (C=O) groups excluding carboxylic acids is 2. The Hall–Kier alpha value is -3.10. The Morgan fingerprint density at radius 1 is 0.893 bits per heavy atom. The molecule has 0 radical (unpaired) electrons. The van der Waals surface area contributed by atoms with Crippen LogP contribution in [-0.2, 0) is 17.5 Å². The molecule has 6 nitrogen and oxygen atoms in total. The molecule has 2 aromatic rings. The van der Waals surface area contributed by atoms with E-state index in [1.807, 2.05) is 0 Å². The normalized spacial score (nSPS) is 14.8. The fourth-order valence-electron chi connectivity index (χ4n) is 2.98. The number of carbonyl (C=O) groups is 2. The van der Waals surface area contributed by atoms with Gasteiger partial charge in [0, 0.05) is 44.0 Å². The molecule has 2 amide bonds. The van der Waals surface area contributed by atoms with Crippen molar-refractivity contribution in [2.24, 2.45) is 0 Å². The van der Waals surface area contributed by atoms with E-state index in [0.29, 0.717) is 13.1 Å². The number of pyridine rings is 1. The van der Waals surface area contributed by atoms with Gasteiger partial charge in [-0.1, -0.05) is 6.07 Å². The molecular weight excluding hydrogens is 375 g/mol. The van der Waals surface area contributed by atoms with Gasteiger partial charge < -0.3 is 14.4 Å². The molecule has 9 heteroatoms. The Bertz CT molecular complexity index is 914. The summed E-state index contributed by atoms with van der Waals surface area (Å²) in [5.41, 5.74) is -0.911. The van der Waals surface area contributed by atoms with Crippen molar-refractivity contribution in [3.63, 3.8) is 0 Å². The first-order valence-electron chi connectivity index (χ1n) is 8.65. The number of benzene rings is 1. The van der Waals surface area contributed by atoms with Crippen LogP contribution in [0, 0.1) is 0 Å². The molecule has 1 aromatic heterocycles. The molecule has 1 saturated heterocycles. The molecule has 0 atom stereocenters. The molecule has 1 aliphatic heterocycles. The van der Waals surface area contributed by atoms with E-state index in [0.717, 1.165) is 24.3 Å². The first-order valence-corrected chi connectivity index (χ1v) is 8.65. The number of aromatic nitrogens is 1. The summed E-state index contributed by atoms with van der Waals surface area (Å²) in [6.45, 7) is 1.07. The van der Waals surface area contributed by atoms with Gasteiger partial charge in [0.1, 0.15) is 6.54 Å². The highest BCUT2D eigenvalue weighted by atomic mass is 19.4. The third-order valence-electron chi connectivity index (χ3n) is 4.58. The molecule has 1 aromatic carbocycles. The van der Waals surface area contributed by atoms with Crippen molar-refractivity contribution in [2.45, 2.75) is 12.7 Å². The molecule has 148 valence electrons. The van der Waals surface area contributed by atoms with Gasteiger partial charge >= 0.3 is 6.18 Å². The summed E-state index contributed by atoms with van der Waals surface area (Å²) in [5, 5.41) is 0. The standard InChI is InChI=1S/C19H18F3N3O3/c20-19(21,22)15-6-4-14(5-7-15)18(28)24-11-9-23(10-12-24)17(27)13-25-8-2-1-3-16(25)26/h1-8H,9-13H2. The van der Waals surface area contributed by atoms with E-state index in [4.69, 9.17) is 0 Å². The fourth-order valence-corrected chi connectivity index (χ4v) is 2.98. The molecule has 0 unspecified atom stereocenters. The fraction of sp³-hybridized carbons (Fsp3) is 0.316. The van der Waals surface area contributed by atoms with Gasteiger partial charge in [0.15, 0.2) is 0 Å². The SMILES string of the molecule is O=C(Cn1ccccc1=O)N1CCN(C(=O)c2ccc(C(F)(F)F)cc2)CC1. The van der Waals surface area contributed by atoms with Crippen LogP contribution in [0.25, 0.3) is 0 Å². The number of halogens is 3. The lowest BCUT2D eigenvalue weighted by atomic mass is 10.1. The van der Waals surface area contributed by atoms with Crippen molar-refractivity contribution in [1.29, 1.82) is 0 Å². The Morgan fingerprint density at radius 2 is 1.50 bits per heavy atom. The van der Waals surface area contributed by atoms with Crippen LogP contribution in [0.3, 0.4) is 0 Å². The van der Waals surface area contributed by atoms with E-state index in [2.05, 4.69) is 0 Å². The number of amides is 2. The zero-order chi connectivity index (χ0) is 20.3. The summed E-state index contributed by atoms with van der Waals surface area (Å²) in [6.07, 6.45) is -2.92. The van der Waals surface area contributed by atoms with Gasteiger partial charge in [-0.3, -0.25) is 14.4 Å². The minimum absolute atomic E-state index is 0.0769. The van der Waals surface area contributed by atoms with Crippen LogP contribution in [0.15, 0.2) is 53.5 Å². The van der Waals surface area contributed by atoms with E-state index in [1.165, 1.54) is 21.7 Å². The van der Waals surface area contributed by atoms with Gasteiger partial charge in [0.2, 0.25) is 5.91 Å². The zero-order valence-electron chi connectivity index (χ0n) is 14.9. The number of nitrogens with zero attached hydrogens (tertiary/aromatic N) is 3. The predicted molar refractivity (Wildman–Crippen MR) is 94.6 cm³/mol. The van der Waals surface area contributed by atoms with Crippen LogP contribution in [0.1, 0.15) is 15.9 Å². The first kappa shape index (κ1) is 19.7. The Kier molecular flexibility index (Phi) is 5.53. The van der Waals surface area contributed by atoms with Crippen molar-refractivity contribution in [2.75, 3.05) is 26.2 Å². The Balaban J connectivity index is 1.57. The number of hydrogen-bond donors (Lipinski definition) is 0. The van der Waals surface area contributed by atoms with E-state index < -0.39 is 11.7 Å². The molecule has 1 aliphatic rings. The van der Waals surface area contributed by atoms with Crippen LogP contribution >= 0.6 is 0 Å². The minimum Gasteiger partial charge on any atom is -0.338 e. The van der Waals surface area contributed by atoms with Gasteiger partial charge in [-0.2, -0.15) is 13.2 Å². The van der Waals surface area contributed by atoms with E-state index in [1.54, 1.807) is 17.0 Å². The highest BCUT2D eigenvalue weighted by molar-refractivity contribution is 5.94. The summed E-state index contributed by atoms with van der Waals surface area (Å²) < 4.78 is 39.2. The van der Waals surface area contributed by atoms with Crippen molar-refractivity contribution in [3.8, 4) is 0 Å². The molecule has 3 rings (SSSR count). The third-order valence-corrected chi connectivity index (χ3v) is 4.58. The lowest BCUT2D eigenvalue weighted by Gasteiger charge is -2.35. The molecule has 0 saturated carbocycles. The highest BCUT2D eigenvalue weighted by Gasteiger charge is 2.31. The quantitative estimate of drug-likeness (QED) is 0.800. The van der Waals surface area contributed by atoms with Crippen molar-refractivity contribution >= 4 is 11.8 Å². The summed E-state index contributed by atoms with van der Waals surface area (Å²) in [7, 11) is 0. The van der Waals surface area contributed by atoms with Gasteiger partial charge in [0.05, 0.1) is 5.56 Å². The topological polar surface area (TPSA) is 62.6 Å². The van der Waals surface area contributed by atoms with Crippen LogP contribution in [-0.4, -0.2) is 52.4 Å². The maximum Gasteiger partial charge on any atom is 0.416 e. The highest BCUT2D eigenvalue weighted by Crippen LogP contribution is 2.29. The summed E-state index contributed by atoms with van der Waals surface area (Å²) >= 11 is 0. The Labute approximate surface area is 158 Å². The second-order valence-corrected chi connectivity index (χ2v) is 6.41. The smallest absolute Gasteiger partial charge is 0.338 e. The summed E-state index contributed by atoms with van der Waals surface area (Å²) in [6, 6.07) is 8.70. The third kappa shape index (κ3) is 4.41. The van der Waals surface area contributed by atoms with Crippen LogP contribution < -0.4 is 5.56 Å². The second-order valence-electron chi connectivity index (χ2n) is 6.41. The minimum atomic E-state index is -4.45. The van der Waals surface area contributed by atoms with Crippen molar-refractivity contribution < 1.29 is 22.8 Å². The van der Waals surface area contributed by atoms with Crippen molar-refractivity contribution in [3.05, 3.63) is 70.1 Å². The van der Waals surface area contributed by atoms with E-state index in [9.17, 15) is 27.6 Å². The largest absolute Gasteiger partial charge is 0.416 e. The summed E-state index contributed by atoms with van der Waals surface area (Å²) in [4.78, 5) is 39.6. The lowest BCUT2D eigenvalue weighted by Crippen LogP contribution is -2.51. The van der Waals surface area contributed by atoms with E-state index >= 15 is 0 Å².